The van der Waals surface area contributed by atoms with Gasteiger partial charge in [0, 0.05) is 69.4 Å². The Hall–Kier alpha value is -2.55. The molecule has 0 bridgehead atoms. The Kier molecular flexibility index (Phi) is 6.50. The molecule has 1 fully saturated rings. The summed E-state index contributed by atoms with van der Waals surface area (Å²) in [7, 11) is -0.455. The van der Waals surface area contributed by atoms with Crippen molar-refractivity contribution < 1.29 is 8.42 Å². The number of anilines is 2. The number of aromatic nitrogens is 1. The number of hydrogen-bond donors (Lipinski definition) is 2. The Morgan fingerprint density at radius 1 is 1.00 bits per heavy atom. The summed E-state index contributed by atoms with van der Waals surface area (Å²) in [4.78, 5) is 2.36. The minimum Gasteiger partial charge on any atom is -0.371 e. The van der Waals surface area contributed by atoms with E-state index >= 15 is 0 Å². The third-order valence-corrected chi connectivity index (χ3v) is 7.38. The van der Waals surface area contributed by atoms with Gasteiger partial charge in [-0.2, -0.15) is 12.7 Å². The van der Waals surface area contributed by atoms with E-state index in [1.165, 1.54) is 25.0 Å². The molecule has 7 nitrogen and oxygen atoms in total. The molecular weight excluding hydrogens is 410 g/mol. The lowest BCUT2D eigenvalue weighted by Gasteiger charge is -2.34. The second-order valence-electron chi connectivity index (χ2n) is 8.22. The highest BCUT2D eigenvalue weighted by Crippen LogP contribution is 2.23. The number of hydrogen-bond acceptors (Lipinski definition) is 4. The quantitative estimate of drug-likeness (QED) is 0.564. The zero-order chi connectivity index (χ0) is 21.8. The van der Waals surface area contributed by atoms with E-state index in [-0.39, 0.29) is 0 Å². The first kappa shape index (κ1) is 21.7. The predicted molar refractivity (Wildman–Crippen MR) is 128 cm³/mol. The van der Waals surface area contributed by atoms with E-state index in [9.17, 15) is 8.42 Å². The van der Waals surface area contributed by atoms with Crippen LogP contribution in [0.1, 0.15) is 12.8 Å². The molecule has 1 aliphatic heterocycles. The summed E-state index contributed by atoms with van der Waals surface area (Å²) in [5.41, 5.74) is 2.99. The Bertz CT molecular complexity index is 1100. The summed E-state index contributed by atoms with van der Waals surface area (Å²) < 4.78 is 29.9. The maximum atomic E-state index is 11.9. The Labute approximate surface area is 184 Å². The topological polar surface area (TPSA) is 69.6 Å². The molecule has 0 atom stereocenters. The van der Waals surface area contributed by atoms with Crippen LogP contribution in [0.5, 0.6) is 0 Å². The number of rotatable bonds is 8. The summed E-state index contributed by atoms with van der Waals surface area (Å²) in [5, 5.41) is 5.00. The number of para-hydroxylation sites is 1. The van der Waals surface area contributed by atoms with Gasteiger partial charge in [0.15, 0.2) is 0 Å². The lowest BCUT2D eigenvalue weighted by Crippen LogP contribution is -2.43. The second kappa shape index (κ2) is 9.30. The molecular formula is C23H31N5O2S. The fourth-order valence-electron chi connectivity index (χ4n) is 4.05. The van der Waals surface area contributed by atoms with Gasteiger partial charge >= 0.3 is 10.2 Å². The van der Waals surface area contributed by atoms with Gasteiger partial charge in [0.1, 0.15) is 0 Å². The highest BCUT2D eigenvalue weighted by molar-refractivity contribution is 7.90. The third kappa shape index (κ3) is 5.20. The van der Waals surface area contributed by atoms with Crippen molar-refractivity contribution in [1.29, 1.82) is 0 Å². The molecule has 4 rings (SSSR count). The van der Waals surface area contributed by atoms with Crippen molar-refractivity contribution in [3.8, 4) is 0 Å². The minimum atomic E-state index is -3.47. The normalized spacial score (nSPS) is 15.6. The van der Waals surface area contributed by atoms with Crippen molar-refractivity contribution in [3.63, 3.8) is 0 Å². The fourth-order valence-corrected chi connectivity index (χ4v) is 4.66. The maximum Gasteiger partial charge on any atom is 0.301 e. The van der Waals surface area contributed by atoms with Gasteiger partial charge in [-0.3, -0.25) is 4.72 Å². The molecule has 1 saturated heterocycles. The third-order valence-electron chi connectivity index (χ3n) is 5.92. The van der Waals surface area contributed by atoms with E-state index in [1.54, 1.807) is 0 Å². The summed E-state index contributed by atoms with van der Waals surface area (Å²) in [5.74, 6) is 0. The van der Waals surface area contributed by atoms with Crippen LogP contribution in [0, 0.1) is 0 Å². The van der Waals surface area contributed by atoms with E-state index in [0.717, 1.165) is 49.0 Å². The summed E-state index contributed by atoms with van der Waals surface area (Å²) in [6.45, 7) is 3.92. The van der Waals surface area contributed by atoms with Gasteiger partial charge in [0.2, 0.25) is 0 Å². The molecule has 31 heavy (non-hydrogen) atoms. The summed E-state index contributed by atoms with van der Waals surface area (Å²) in [6, 6.07) is 18.8. The van der Waals surface area contributed by atoms with Crippen LogP contribution in [0.3, 0.4) is 0 Å². The van der Waals surface area contributed by atoms with Crippen LogP contribution < -0.4 is 14.9 Å². The number of fused-ring (bicyclic) bond motifs is 1. The van der Waals surface area contributed by atoms with Gasteiger partial charge in [-0.05, 0) is 54.6 Å². The molecule has 2 aromatic carbocycles. The molecule has 0 spiro atoms. The average Bonchev–Trinajstić information content (AvgIpc) is 3.18. The van der Waals surface area contributed by atoms with Gasteiger partial charge in [-0.15, -0.1) is 0 Å². The fraction of sp³-hybridized carbons (Fsp3) is 0.391. The van der Waals surface area contributed by atoms with Crippen molar-refractivity contribution in [2.45, 2.75) is 25.4 Å². The maximum absolute atomic E-state index is 11.9. The van der Waals surface area contributed by atoms with Gasteiger partial charge in [-0.25, -0.2) is 0 Å². The van der Waals surface area contributed by atoms with Gasteiger partial charge < -0.3 is 14.8 Å². The van der Waals surface area contributed by atoms with Crippen molar-refractivity contribution in [1.82, 2.24) is 14.2 Å². The van der Waals surface area contributed by atoms with Gasteiger partial charge in [-0.1, -0.05) is 18.2 Å². The molecule has 0 amide bonds. The first-order chi connectivity index (χ1) is 14.9. The zero-order valence-corrected chi connectivity index (χ0v) is 19.0. The highest BCUT2D eigenvalue weighted by Gasteiger charge is 2.19. The number of nitrogens with zero attached hydrogens (tertiary/aromatic N) is 3. The lowest BCUT2D eigenvalue weighted by atomic mass is 10.0. The largest absolute Gasteiger partial charge is 0.371 e. The highest BCUT2D eigenvalue weighted by atomic mass is 32.2. The summed E-state index contributed by atoms with van der Waals surface area (Å²) in [6.07, 6.45) is 4.36. The van der Waals surface area contributed by atoms with Crippen molar-refractivity contribution in [3.05, 3.63) is 60.8 Å². The monoisotopic (exact) mass is 441 g/mol. The number of piperidine rings is 1. The van der Waals surface area contributed by atoms with E-state index in [0.29, 0.717) is 11.7 Å². The summed E-state index contributed by atoms with van der Waals surface area (Å²) >= 11 is 0. The number of benzene rings is 2. The van der Waals surface area contributed by atoms with E-state index in [4.69, 9.17) is 0 Å². The predicted octanol–water partition coefficient (Wildman–Crippen LogP) is 3.12. The Morgan fingerprint density at radius 2 is 1.71 bits per heavy atom. The van der Waals surface area contributed by atoms with Gasteiger partial charge in [0.05, 0.1) is 0 Å². The van der Waals surface area contributed by atoms with Crippen LogP contribution in [-0.4, -0.2) is 57.1 Å². The van der Waals surface area contributed by atoms with E-state index < -0.39 is 10.2 Å². The Morgan fingerprint density at radius 3 is 2.42 bits per heavy atom. The first-order valence-corrected chi connectivity index (χ1v) is 12.2. The van der Waals surface area contributed by atoms with Crippen LogP contribution in [0.25, 0.3) is 10.9 Å². The smallest absolute Gasteiger partial charge is 0.301 e. The van der Waals surface area contributed by atoms with Crippen LogP contribution in [-0.2, 0) is 16.8 Å². The number of nitrogens with one attached hydrogen (secondary N) is 2. The molecule has 2 heterocycles. The average molecular weight is 442 g/mol. The lowest BCUT2D eigenvalue weighted by molar-refractivity contribution is 0.407. The Balaban J connectivity index is 1.24. The zero-order valence-electron chi connectivity index (χ0n) is 18.2. The van der Waals surface area contributed by atoms with E-state index in [1.807, 2.05) is 24.3 Å². The van der Waals surface area contributed by atoms with Crippen molar-refractivity contribution >= 4 is 32.5 Å². The van der Waals surface area contributed by atoms with Gasteiger partial charge in [0.25, 0.3) is 0 Å². The standard InChI is InChI=1S/C23H31N5O2S/c1-26(2)31(29,30)25-21-7-9-22(10-8-21)27-16-12-20(13-17-27)24-14-18-28-15-11-19-5-3-4-6-23(19)28/h3-11,15,20,24-25H,12-14,16-18H2,1-2H3. The van der Waals surface area contributed by atoms with Crippen LogP contribution in [0.15, 0.2) is 60.8 Å². The van der Waals surface area contributed by atoms with Crippen molar-refractivity contribution in [2.24, 2.45) is 0 Å². The molecule has 1 aliphatic rings. The molecule has 2 N–H and O–H groups in total. The van der Waals surface area contributed by atoms with E-state index in [2.05, 4.69) is 56.0 Å². The van der Waals surface area contributed by atoms with Crippen LogP contribution >= 0.6 is 0 Å². The van der Waals surface area contributed by atoms with Crippen LogP contribution in [0.4, 0.5) is 11.4 Å². The molecule has 8 heteroatoms. The SMILES string of the molecule is CN(C)S(=O)(=O)Nc1ccc(N2CCC(NCCn3ccc4ccccc43)CC2)cc1. The molecule has 0 saturated carbocycles. The molecule has 1 aromatic heterocycles. The molecule has 0 aliphatic carbocycles. The molecule has 3 aromatic rings. The second-order valence-corrected chi connectivity index (χ2v) is 10.1. The first-order valence-electron chi connectivity index (χ1n) is 10.7. The molecule has 0 unspecified atom stereocenters. The molecule has 166 valence electrons. The molecule has 0 radical (unpaired) electrons. The van der Waals surface area contributed by atoms with Crippen molar-refractivity contribution in [2.75, 3.05) is 43.4 Å². The van der Waals surface area contributed by atoms with Crippen LogP contribution in [0.2, 0.25) is 0 Å². The minimum absolute atomic E-state index is 0.532.